The highest BCUT2D eigenvalue weighted by atomic mass is 16.5. The van der Waals surface area contributed by atoms with Crippen LogP contribution in [0.4, 0.5) is 0 Å². The van der Waals surface area contributed by atoms with Crippen molar-refractivity contribution in [2.24, 2.45) is 0 Å². The topological polar surface area (TPSA) is 141 Å². The van der Waals surface area contributed by atoms with Crippen molar-refractivity contribution in [1.82, 2.24) is 27.4 Å². The quantitative estimate of drug-likeness (QED) is 0.234. The highest BCUT2D eigenvalue weighted by molar-refractivity contribution is 4.89. The van der Waals surface area contributed by atoms with E-state index in [2.05, 4.69) is 0 Å². The Kier molecular flexibility index (Phi) is 12.1. The predicted molar refractivity (Wildman–Crippen MR) is 149 cm³/mol. The Balaban J connectivity index is 2.30. The van der Waals surface area contributed by atoms with Crippen molar-refractivity contribution in [1.29, 1.82) is 0 Å². The number of hydrogen-bond acceptors (Lipinski definition) is 7. The Morgan fingerprint density at radius 1 is 0.436 bits per heavy atom. The molecule has 2 rings (SSSR count). The van der Waals surface area contributed by atoms with Crippen LogP contribution in [-0.4, -0.2) is 40.6 Å². The van der Waals surface area contributed by atoms with E-state index in [0.717, 1.165) is 27.4 Å². The highest BCUT2D eigenvalue weighted by Crippen LogP contribution is 1.86. The molecule has 0 aliphatic heterocycles. The average molecular weight is 545 g/mol. The van der Waals surface area contributed by atoms with E-state index in [1.165, 1.54) is 0 Å². The van der Waals surface area contributed by atoms with E-state index >= 15 is 0 Å². The van der Waals surface area contributed by atoms with Gasteiger partial charge in [0.05, 0.1) is 52.5 Å². The van der Waals surface area contributed by atoms with Gasteiger partial charge in [-0.05, 0) is 27.7 Å². The number of allylic oxidation sites excluding steroid dienone is 8. The van der Waals surface area contributed by atoms with Crippen molar-refractivity contribution in [2.75, 3.05) is 13.2 Å². The van der Waals surface area contributed by atoms with Crippen LogP contribution in [0.5, 0.6) is 0 Å². The molecule has 0 saturated carbocycles. The molecule has 39 heavy (non-hydrogen) atoms. The van der Waals surface area contributed by atoms with E-state index in [4.69, 9.17) is 4.74 Å². The molecule has 2 heterocycles. The lowest BCUT2D eigenvalue weighted by Gasteiger charge is -2.14. The molecule has 2 aromatic rings. The van der Waals surface area contributed by atoms with Crippen LogP contribution in [0.2, 0.25) is 0 Å². The number of nitrogens with zero attached hydrogens (tertiary/aromatic N) is 6. The van der Waals surface area contributed by atoms with Gasteiger partial charge in [-0.3, -0.25) is 0 Å². The molecule has 2 aromatic heterocycles. The molecule has 0 radical (unpaired) electrons. The van der Waals surface area contributed by atoms with Gasteiger partial charge in [0.1, 0.15) is 0 Å². The summed E-state index contributed by atoms with van der Waals surface area (Å²) in [6.07, 6.45) is 13.3. The summed E-state index contributed by atoms with van der Waals surface area (Å²) in [5.41, 5.74) is -4.46. The molecule has 0 N–H and O–H groups in total. The summed E-state index contributed by atoms with van der Waals surface area (Å²) < 4.78 is 11.3. The van der Waals surface area contributed by atoms with Crippen LogP contribution >= 0.6 is 0 Å². The zero-order chi connectivity index (χ0) is 28.9. The van der Waals surface area contributed by atoms with Gasteiger partial charge in [-0.25, -0.2) is 56.2 Å². The molecule has 0 unspecified atom stereocenters. The second-order valence-corrected chi connectivity index (χ2v) is 8.33. The number of ether oxygens (including phenoxy) is 1. The lowest BCUT2D eigenvalue weighted by molar-refractivity contribution is 0.113. The fourth-order valence-corrected chi connectivity index (χ4v) is 3.63. The molecular formula is C26H36N6O7. The van der Waals surface area contributed by atoms with E-state index in [1.54, 1.807) is 76.3 Å². The second kappa shape index (κ2) is 15.2. The van der Waals surface area contributed by atoms with E-state index in [-0.39, 0.29) is 52.5 Å². The number of aromatic nitrogens is 6. The van der Waals surface area contributed by atoms with Crippen molar-refractivity contribution in [3.63, 3.8) is 0 Å². The third-order valence-electron chi connectivity index (χ3n) is 5.78. The maximum absolute atomic E-state index is 12.9. The summed E-state index contributed by atoms with van der Waals surface area (Å²) in [6.45, 7) is 6.55. The summed E-state index contributed by atoms with van der Waals surface area (Å²) in [7, 11) is 0. The van der Waals surface area contributed by atoms with Crippen LogP contribution in [0.1, 0.15) is 27.7 Å². The van der Waals surface area contributed by atoms with Crippen LogP contribution in [0.3, 0.4) is 0 Å². The van der Waals surface area contributed by atoms with Crippen molar-refractivity contribution in [3.05, 3.63) is 112 Å². The van der Waals surface area contributed by atoms with Gasteiger partial charge in [0.25, 0.3) is 0 Å². The predicted octanol–water partition coefficient (Wildman–Crippen LogP) is -0.322. The SMILES string of the molecule is CC=CCn1c(=O)n(CC=CC)c(=O)n(CCOCCn2c(=O)n(CC=CC)c(=O)n(CC=CC)c2=O)c1=O. The Bertz CT molecular complexity index is 1380. The Morgan fingerprint density at radius 2 is 0.667 bits per heavy atom. The summed E-state index contributed by atoms with van der Waals surface area (Å²) in [5.74, 6) is 0. The van der Waals surface area contributed by atoms with Gasteiger partial charge in [0.2, 0.25) is 0 Å². The van der Waals surface area contributed by atoms with Gasteiger partial charge >= 0.3 is 34.1 Å². The molecule has 0 fully saturated rings. The zero-order valence-electron chi connectivity index (χ0n) is 22.8. The van der Waals surface area contributed by atoms with Crippen molar-refractivity contribution < 1.29 is 4.74 Å². The summed E-state index contributed by atoms with van der Waals surface area (Å²) in [6, 6.07) is 0. The number of rotatable bonds is 14. The van der Waals surface area contributed by atoms with Crippen LogP contribution in [-0.2, 0) is 44.0 Å². The monoisotopic (exact) mass is 544 g/mol. The first kappa shape index (κ1) is 31.0. The zero-order valence-corrected chi connectivity index (χ0v) is 22.8. The largest absolute Gasteiger partial charge is 0.378 e. The summed E-state index contributed by atoms with van der Waals surface area (Å²) >= 11 is 0. The van der Waals surface area contributed by atoms with E-state index in [9.17, 15) is 28.8 Å². The molecule has 0 amide bonds. The van der Waals surface area contributed by atoms with Gasteiger partial charge in [0, 0.05) is 0 Å². The molecule has 212 valence electrons. The fourth-order valence-electron chi connectivity index (χ4n) is 3.63. The minimum Gasteiger partial charge on any atom is -0.378 e. The molecule has 0 saturated heterocycles. The third-order valence-corrected chi connectivity index (χ3v) is 5.78. The van der Waals surface area contributed by atoms with Gasteiger partial charge in [0.15, 0.2) is 0 Å². The standard InChI is InChI=1S/C26H36N6O7/c1-5-9-13-27-21(33)28(14-10-6-2)24(36)31(23(27)35)17-19-39-20-18-32-25(37)29(15-11-7-3)22(34)30(26(32)38)16-12-8-4/h5-12H,13-20H2,1-4H3. The van der Waals surface area contributed by atoms with Crippen LogP contribution < -0.4 is 34.1 Å². The minimum absolute atomic E-state index is 0.0104. The van der Waals surface area contributed by atoms with Crippen LogP contribution in [0.15, 0.2) is 77.4 Å². The third kappa shape index (κ3) is 7.41. The van der Waals surface area contributed by atoms with Crippen LogP contribution in [0, 0.1) is 0 Å². The molecule has 13 heteroatoms. The molecule has 0 bridgehead atoms. The lowest BCUT2D eigenvalue weighted by Crippen LogP contribution is -2.55. The molecule has 0 aromatic carbocycles. The Morgan fingerprint density at radius 3 is 0.897 bits per heavy atom. The van der Waals surface area contributed by atoms with Crippen molar-refractivity contribution >= 4 is 0 Å². The summed E-state index contributed by atoms with van der Waals surface area (Å²) in [4.78, 5) is 76.9. The van der Waals surface area contributed by atoms with E-state index in [1.807, 2.05) is 0 Å². The maximum Gasteiger partial charge on any atom is 0.336 e. The first-order chi connectivity index (χ1) is 18.7. The van der Waals surface area contributed by atoms with Crippen molar-refractivity contribution in [2.45, 2.75) is 67.0 Å². The molecule has 13 nitrogen and oxygen atoms in total. The first-order valence-electron chi connectivity index (χ1n) is 12.7. The Labute approximate surface area is 224 Å². The van der Waals surface area contributed by atoms with Crippen LogP contribution in [0.25, 0.3) is 0 Å². The Hall–Kier alpha value is -4.26. The summed E-state index contributed by atoms with van der Waals surface area (Å²) in [5, 5.41) is 0. The normalized spacial score (nSPS) is 12.2. The smallest absolute Gasteiger partial charge is 0.336 e. The fraction of sp³-hybridized carbons (Fsp3) is 0.462. The van der Waals surface area contributed by atoms with Gasteiger partial charge in [-0.1, -0.05) is 48.6 Å². The maximum atomic E-state index is 12.9. The molecule has 0 spiro atoms. The molecule has 0 aliphatic rings. The second-order valence-electron chi connectivity index (χ2n) is 8.33. The first-order valence-corrected chi connectivity index (χ1v) is 12.7. The average Bonchev–Trinajstić information content (AvgIpc) is 2.91. The van der Waals surface area contributed by atoms with Crippen molar-refractivity contribution in [3.8, 4) is 0 Å². The molecule has 0 aliphatic carbocycles. The molecule has 0 atom stereocenters. The molecular weight excluding hydrogens is 508 g/mol. The van der Waals surface area contributed by atoms with E-state index < -0.39 is 34.1 Å². The van der Waals surface area contributed by atoms with Gasteiger partial charge < -0.3 is 4.74 Å². The van der Waals surface area contributed by atoms with E-state index in [0.29, 0.717) is 0 Å². The lowest BCUT2D eigenvalue weighted by atomic mass is 10.5. The minimum atomic E-state index is -0.762. The highest BCUT2D eigenvalue weighted by Gasteiger charge is 2.16. The van der Waals surface area contributed by atoms with Gasteiger partial charge in [-0.2, -0.15) is 0 Å². The number of hydrogen-bond donors (Lipinski definition) is 0. The van der Waals surface area contributed by atoms with Gasteiger partial charge in [-0.15, -0.1) is 0 Å².